The van der Waals surface area contributed by atoms with Crippen LogP contribution in [0.15, 0.2) is 57.9 Å². The van der Waals surface area contributed by atoms with Crippen molar-refractivity contribution in [3.63, 3.8) is 0 Å². The molecule has 0 bridgehead atoms. The molecule has 0 aliphatic carbocycles. The van der Waals surface area contributed by atoms with Gasteiger partial charge in [0.05, 0.1) is 23.7 Å². The van der Waals surface area contributed by atoms with Gasteiger partial charge in [0.15, 0.2) is 0 Å². The molecule has 0 aliphatic heterocycles. The first-order chi connectivity index (χ1) is 8.69. The zero-order chi connectivity index (χ0) is 13.0. The summed E-state index contributed by atoms with van der Waals surface area (Å²) >= 11 is 3.36. The lowest BCUT2D eigenvalue weighted by Gasteiger charge is -2.04. The van der Waals surface area contributed by atoms with E-state index in [-0.39, 0.29) is 0 Å². The van der Waals surface area contributed by atoms with Crippen LogP contribution in [0.5, 0.6) is 5.75 Å². The van der Waals surface area contributed by atoms with Gasteiger partial charge in [0.2, 0.25) is 0 Å². The standard InChI is InChI=1S/C14H13BrO2S/c1-17-13-6-2-11(3-7-13)10-18(16)14-8-4-12(15)5-9-14/h2-9H,10H2,1H3/t18-/m1/s1. The van der Waals surface area contributed by atoms with Crippen molar-refractivity contribution in [3.05, 3.63) is 58.6 Å². The van der Waals surface area contributed by atoms with Crippen molar-refractivity contribution in [1.82, 2.24) is 0 Å². The lowest BCUT2D eigenvalue weighted by molar-refractivity contribution is 0.414. The van der Waals surface area contributed by atoms with Gasteiger partial charge in [-0.1, -0.05) is 28.1 Å². The predicted molar refractivity (Wildman–Crippen MR) is 77.2 cm³/mol. The molecule has 0 saturated heterocycles. The first kappa shape index (κ1) is 13.3. The molecule has 0 unspecified atom stereocenters. The van der Waals surface area contributed by atoms with Crippen LogP contribution in [-0.4, -0.2) is 11.3 Å². The molecule has 2 nitrogen and oxygen atoms in total. The molecule has 0 radical (unpaired) electrons. The second-order valence-corrected chi connectivity index (χ2v) is 6.16. The molecule has 0 heterocycles. The second kappa shape index (κ2) is 6.16. The lowest BCUT2D eigenvalue weighted by Crippen LogP contribution is -1.96. The largest absolute Gasteiger partial charge is 0.497 e. The van der Waals surface area contributed by atoms with E-state index in [4.69, 9.17) is 4.74 Å². The lowest BCUT2D eigenvalue weighted by atomic mass is 10.2. The summed E-state index contributed by atoms with van der Waals surface area (Å²) in [5.74, 6) is 1.33. The number of rotatable bonds is 4. The van der Waals surface area contributed by atoms with Crippen LogP contribution in [0, 0.1) is 0 Å². The van der Waals surface area contributed by atoms with Crippen molar-refractivity contribution < 1.29 is 8.95 Å². The van der Waals surface area contributed by atoms with Crippen LogP contribution in [0.3, 0.4) is 0 Å². The normalized spacial score (nSPS) is 12.1. The molecule has 18 heavy (non-hydrogen) atoms. The minimum atomic E-state index is -1.01. The Bertz CT molecular complexity index is 535. The fourth-order valence-electron chi connectivity index (χ4n) is 1.54. The van der Waals surface area contributed by atoms with Gasteiger partial charge in [0, 0.05) is 9.37 Å². The van der Waals surface area contributed by atoms with Gasteiger partial charge < -0.3 is 4.74 Å². The van der Waals surface area contributed by atoms with Gasteiger partial charge in [0.1, 0.15) is 5.75 Å². The van der Waals surface area contributed by atoms with Gasteiger partial charge in [-0.2, -0.15) is 0 Å². The van der Waals surface area contributed by atoms with Crippen molar-refractivity contribution >= 4 is 26.7 Å². The first-order valence-corrected chi connectivity index (χ1v) is 7.57. The van der Waals surface area contributed by atoms with Crippen LogP contribution in [0.4, 0.5) is 0 Å². The summed E-state index contributed by atoms with van der Waals surface area (Å²) in [6, 6.07) is 15.2. The van der Waals surface area contributed by atoms with Gasteiger partial charge in [0.25, 0.3) is 0 Å². The molecule has 1 atom stereocenters. The average molecular weight is 325 g/mol. The van der Waals surface area contributed by atoms with Gasteiger partial charge >= 0.3 is 0 Å². The van der Waals surface area contributed by atoms with E-state index in [1.165, 1.54) is 0 Å². The van der Waals surface area contributed by atoms with Crippen molar-refractivity contribution in [2.24, 2.45) is 0 Å². The van der Waals surface area contributed by atoms with Crippen molar-refractivity contribution in [2.75, 3.05) is 7.11 Å². The third-order valence-electron chi connectivity index (χ3n) is 2.53. The highest BCUT2D eigenvalue weighted by molar-refractivity contribution is 9.10. The Morgan fingerprint density at radius 2 is 1.67 bits per heavy atom. The zero-order valence-electron chi connectivity index (χ0n) is 9.93. The number of hydrogen-bond donors (Lipinski definition) is 0. The van der Waals surface area contributed by atoms with E-state index in [2.05, 4.69) is 15.9 Å². The number of methoxy groups -OCH3 is 1. The second-order valence-electron chi connectivity index (χ2n) is 3.79. The third-order valence-corrected chi connectivity index (χ3v) is 4.46. The maximum absolute atomic E-state index is 12.1. The Labute approximate surface area is 118 Å². The highest BCUT2D eigenvalue weighted by Gasteiger charge is 2.05. The van der Waals surface area contributed by atoms with E-state index in [9.17, 15) is 4.21 Å². The SMILES string of the molecule is COc1ccc(C[S@@](=O)c2ccc(Br)cc2)cc1. The molecule has 2 aromatic carbocycles. The number of benzene rings is 2. The Kier molecular flexibility index (Phi) is 4.55. The maximum Gasteiger partial charge on any atom is 0.118 e. The Morgan fingerprint density at radius 3 is 2.22 bits per heavy atom. The van der Waals surface area contributed by atoms with E-state index < -0.39 is 10.8 Å². The van der Waals surface area contributed by atoms with Crippen LogP contribution >= 0.6 is 15.9 Å². The highest BCUT2D eigenvalue weighted by atomic mass is 79.9. The fourth-order valence-corrected chi connectivity index (χ4v) is 2.91. The minimum absolute atomic E-state index is 0.519. The van der Waals surface area contributed by atoms with Gasteiger partial charge in [-0.25, -0.2) is 0 Å². The molecule has 2 aromatic rings. The average Bonchev–Trinajstić information content (AvgIpc) is 2.40. The van der Waals surface area contributed by atoms with E-state index >= 15 is 0 Å². The van der Waals surface area contributed by atoms with Crippen LogP contribution in [0.1, 0.15) is 5.56 Å². The van der Waals surface area contributed by atoms with Gasteiger partial charge in [-0.15, -0.1) is 0 Å². The smallest absolute Gasteiger partial charge is 0.118 e. The maximum atomic E-state index is 12.1. The van der Waals surface area contributed by atoms with Crippen molar-refractivity contribution in [2.45, 2.75) is 10.6 Å². The van der Waals surface area contributed by atoms with E-state index in [0.29, 0.717) is 5.75 Å². The minimum Gasteiger partial charge on any atom is -0.497 e. The summed E-state index contributed by atoms with van der Waals surface area (Å²) in [6.07, 6.45) is 0. The van der Waals surface area contributed by atoms with Crippen LogP contribution in [0.25, 0.3) is 0 Å². The monoisotopic (exact) mass is 324 g/mol. The number of hydrogen-bond acceptors (Lipinski definition) is 2. The van der Waals surface area contributed by atoms with Crippen LogP contribution in [0.2, 0.25) is 0 Å². The molecule has 0 aromatic heterocycles. The van der Waals surface area contributed by atoms with Crippen LogP contribution in [-0.2, 0) is 16.6 Å². The Balaban J connectivity index is 2.08. The quantitative estimate of drug-likeness (QED) is 0.855. The molecule has 0 N–H and O–H groups in total. The summed E-state index contributed by atoms with van der Waals surface area (Å²) < 4.78 is 18.2. The highest BCUT2D eigenvalue weighted by Crippen LogP contribution is 2.18. The summed E-state index contributed by atoms with van der Waals surface area (Å²) in [7, 11) is 0.621. The van der Waals surface area contributed by atoms with E-state index in [0.717, 1.165) is 20.7 Å². The van der Waals surface area contributed by atoms with Gasteiger partial charge in [-0.3, -0.25) is 4.21 Å². The Hall–Kier alpha value is -1.13. The van der Waals surface area contributed by atoms with E-state index in [1.54, 1.807) is 7.11 Å². The molecular formula is C14H13BrO2S. The summed E-state index contributed by atoms with van der Waals surface area (Å²) in [6.45, 7) is 0. The van der Waals surface area contributed by atoms with Gasteiger partial charge in [-0.05, 0) is 42.0 Å². The first-order valence-electron chi connectivity index (χ1n) is 5.46. The molecule has 2 rings (SSSR count). The summed E-state index contributed by atoms with van der Waals surface area (Å²) in [4.78, 5) is 0.842. The molecule has 0 saturated carbocycles. The number of halogens is 1. The zero-order valence-corrected chi connectivity index (χ0v) is 12.3. The van der Waals surface area contributed by atoms with E-state index in [1.807, 2.05) is 48.5 Å². The fraction of sp³-hybridized carbons (Fsp3) is 0.143. The number of ether oxygens (including phenoxy) is 1. The summed E-state index contributed by atoms with van der Waals surface area (Å²) in [5, 5.41) is 0. The summed E-state index contributed by atoms with van der Waals surface area (Å²) in [5.41, 5.74) is 1.04. The molecule has 0 aliphatic rings. The molecule has 4 heteroatoms. The topological polar surface area (TPSA) is 26.3 Å². The van der Waals surface area contributed by atoms with Crippen molar-refractivity contribution in [1.29, 1.82) is 0 Å². The molecule has 0 spiro atoms. The predicted octanol–water partition coefficient (Wildman–Crippen LogP) is 3.77. The Morgan fingerprint density at radius 1 is 1.06 bits per heavy atom. The molecule has 0 amide bonds. The molecule has 94 valence electrons. The third kappa shape index (κ3) is 3.43. The van der Waals surface area contributed by atoms with Crippen LogP contribution < -0.4 is 4.74 Å². The van der Waals surface area contributed by atoms with Crippen molar-refractivity contribution in [3.8, 4) is 5.75 Å². The molecule has 0 fully saturated rings. The molecular weight excluding hydrogens is 312 g/mol.